The van der Waals surface area contributed by atoms with Crippen molar-refractivity contribution < 1.29 is 23.6 Å². The van der Waals surface area contributed by atoms with Crippen LogP contribution < -0.4 is 11.1 Å². The van der Waals surface area contributed by atoms with Crippen LogP contribution in [0.5, 0.6) is 5.75 Å². The highest BCUT2D eigenvalue weighted by Gasteiger charge is 2.28. The number of aromatic nitrogens is 1. The summed E-state index contributed by atoms with van der Waals surface area (Å²) >= 11 is 0. The van der Waals surface area contributed by atoms with E-state index in [1.165, 1.54) is 0 Å². The number of phenols is 1. The van der Waals surface area contributed by atoms with Crippen molar-refractivity contribution in [2.24, 2.45) is 5.73 Å². The lowest BCUT2D eigenvalue weighted by molar-refractivity contribution is -0.120. The van der Waals surface area contributed by atoms with Crippen LogP contribution >= 0.6 is 0 Å². The standard InChI is InChI=1S/C34H37N3O5/c1-20-15-26(38)12-13-27(20)32(24-9-7-6-8-10-24)36-30(39)17-23-11-14-28-25(16-23)18-29(41-28)33(40-19-34(4,5)35)31-21(2)37-42-22(31)3/h6-16,18,32-33,38H,17,19,35H2,1-5H3,(H,36,39). The fraction of sp³-hybridized carbons (Fsp3) is 0.294. The molecule has 0 aliphatic carbocycles. The van der Waals surface area contributed by atoms with Crippen LogP contribution in [-0.4, -0.2) is 28.3 Å². The second-order valence-electron chi connectivity index (χ2n) is 11.6. The molecule has 8 nitrogen and oxygen atoms in total. The summed E-state index contributed by atoms with van der Waals surface area (Å²) in [5.41, 5.74) is 11.5. The molecule has 2 aromatic heterocycles. The van der Waals surface area contributed by atoms with Gasteiger partial charge in [0.1, 0.15) is 29.0 Å². The number of benzene rings is 3. The molecule has 0 spiro atoms. The molecule has 2 atom stereocenters. The minimum Gasteiger partial charge on any atom is -0.508 e. The molecule has 0 bridgehead atoms. The second-order valence-corrected chi connectivity index (χ2v) is 11.6. The van der Waals surface area contributed by atoms with E-state index >= 15 is 0 Å². The van der Waals surface area contributed by atoms with Crippen LogP contribution in [-0.2, 0) is 16.0 Å². The molecule has 3 aromatic carbocycles. The van der Waals surface area contributed by atoms with Gasteiger partial charge in [-0.1, -0.05) is 47.6 Å². The Bertz CT molecular complexity index is 1680. The van der Waals surface area contributed by atoms with Crippen LogP contribution in [0.2, 0.25) is 0 Å². The molecule has 2 heterocycles. The number of hydrogen-bond acceptors (Lipinski definition) is 7. The molecule has 42 heavy (non-hydrogen) atoms. The van der Waals surface area contributed by atoms with Crippen LogP contribution in [0.15, 0.2) is 81.7 Å². The van der Waals surface area contributed by atoms with Crippen molar-refractivity contribution in [1.29, 1.82) is 0 Å². The quantitative estimate of drug-likeness (QED) is 0.180. The molecule has 0 aliphatic rings. The number of carbonyl (C=O) groups excluding carboxylic acids is 1. The van der Waals surface area contributed by atoms with Crippen LogP contribution in [0.3, 0.4) is 0 Å². The van der Waals surface area contributed by atoms with E-state index < -0.39 is 11.6 Å². The molecule has 1 amide bonds. The largest absolute Gasteiger partial charge is 0.508 e. The molecule has 218 valence electrons. The molecule has 0 saturated heterocycles. The van der Waals surface area contributed by atoms with Crippen molar-refractivity contribution in [3.63, 3.8) is 0 Å². The molecule has 4 N–H and O–H groups in total. The first-order valence-corrected chi connectivity index (χ1v) is 14.0. The predicted octanol–water partition coefficient (Wildman–Crippen LogP) is 6.34. The number of furan rings is 1. The highest BCUT2D eigenvalue weighted by molar-refractivity contribution is 5.83. The Labute approximate surface area is 245 Å². The van der Waals surface area contributed by atoms with Gasteiger partial charge in [-0.2, -0.15) is 0 Å². The van der Waals surface area contributed by atoms with Gasteiger partial charge < -0.3 is 29.8 Å². The zero-order valence-electron chi connectivity index (χ0n) is 24.6. The van der Waals surface area contributed by atoms with Crippen molar-refractivity contribution in [3.8, 4) is 5.75 Å². The number of aromatic hydroxyl groups is 1. The third-order valence-corrected chi connectivity index (χ3v) is 7.20. The van der Waals surface area contributed by atoms with E-state index in [4.69, 9.17) is 19.4 Å². The molecule has 2 unspecified atom stereocenters. The predicted molar refractivity (Wildman–Crippen MR) is 161 cm³/mol. The Kier molecular flexibility index (Phi) is 8.20. The van der Waals surface area contributed by atoms with Crippen molar-refractivity contribution in [2.45, 2.75) is 58.7 Å². The van der Waals surface area contributed by atoms with E-state index in [0.29, 0.717) is 23.7 Å². The Morgan fingerprint density at radius 2 is 1.81 bits per heavy atom. The van der Waals surface area contributed by atoms with Crippen LogP contribution in [0.25, 0.3) is 11.0 Å². The van der Waals surface area contributed by atoms with E-state index in [-0.39, 0.29) is 24.1 Å². The number of ether oxygens (including phenoxy) is 1. The Hall–Kier alpha value is -4.40. The van der Waals surface area contributed by atoms with E-state index in [9.17, 15) is 9.90 Å². The monoisotopic (exact) mass is 567 g/mol. The van der Waals surface area contributed by atoms with Crippen molar-refractivity contribution in [2.75, 3.05) is 6.61 Å². The minimum atomic E-state index is -0.543. The maximum Gasteiger partial charge on any atom is 0.225 e. The minimum absolute atomic E-state index is 0.124. The first-order valence-electron chi connectivity index (χ1n) is 14.0. The smallest absolute Gasteiger partial charge is 0.225 e. The highest BCUT2D eigenvalue weighted by atomic mass is 16.5. The molecular formula is C34H37N3O5. The van der Waals surface area contributed by atoms with Gasteiger partial charge in [0.2, 0.25) is 5.91 Å². The van der Waals surface area contributed by atoms with Gasteiger partial charge in [0.15, 0.2) is 0 Å². The third kappa shape index (κ3) is 6.56. The van der Waals surface area contributed by atoms with Crippen molar-refractivity contribution in [3.05, 3.63) is 118 Å². The summed E-state index contributed by atoms with van der Waals surface area (Å²) in [5.74, 6) is 1.33. The van der Waals surface area contributed by atoms with Gasteiger partial charge in [-0.3, -0.25) is 4.79 Å². The first kappa shape index (κ1) is 29.1. The zero-order chi connectivity index (χ0) is 30.0. The topological polar surface area (TPSA) is 124 Å². The van der Waals surface area contributed by atoms with Gasteiger partial charge in [-0.05, 0) is 87.2 Å². The van der Waals surface area contributed by atoms with E-state index in [2.05, 4.69) is 10.5 Å². The lowest BCUT2D eigenvalue weighted by atomic mass is 9.94. The normalized spacial score (nSPS) is 13.3. The number of phenolic OH excluding ortho intramolecular Hbond substituents is 1. The Morgan fingerprint density at radius 3 is 2.48 bits per heavy atom. The number of amides is 1. The van der Waals surface area contributed by atoms with Crippen LogP contribution in [0.4, 0.5) is 0 Å². The number of aryl methyl sites for hydroxylation is 3. The van der Waals surface area contributed by atoms with Crippen molar-refractivity contribution >= 4 is 16.9 Å². The second kappa shape index (κ2) is 11.8. The Balaban J connectivity index is 1.40. The van der Waals surface area contributed by atoms with Crippen molar-refractivity contribution in [1.82, 2.24) is 10.5 Å². The molecule has 0 radical (unpaired) electrons. The third-order valence-electron chi connectivity index (χ3n) is 7.20. The summed E-state index contributed by atoms with van der Waals surface area (Å²) < 4.78 is 17.9. The fourth-order valence-electron chi connectivity index (χ4n) is 5.19. The number of fused-ring (bicyclic) bond motifs is 1. The average molecular weight is 568 g/mol. The van der Waals surface area contributed by atoms with Gasteiger partial charge in [0, 0.05) is 10.9 Å². The van der Waals surface area contributed by atoms with E-state index in [0.717, 1.165) is 38.9 Å². The summed E-state index contributed by atoms with van der Waals surface area (Å²) in [7, 11) is 0. The van der Waals surface area contributed by atoms with Crippen LogP contribution in [0.1, 0.15) is 71.0 Å². The number of nitrogens with one attached hydrogen (secondary N) is 1. The summed E-state index contributed by atoms with van der Waals surface area (Å²) in [4.78, 5) is 13.4. The molecule has 0 fully saturated rings. The number of nitrogens with two attached hydrogens (primary N) is 1. The molecule has 5 rings (SSSR count). The Morgan fingerprint density at radius 1 is 1.05 bits per heavy atom. The molecule has 0 saturated carbocycles. The fourth-order valence-corrected chi connectivity index (χ4v) is 5.19. The molecule has 5 aromatic rings. The van der Waals surface area contributed by atoms with Gasteiger partial charge >= 0.3 is 0 Å². The lowest BCUT2D eigenvalue weighted by Gasteiger charge is -2.23. The van der Waals surface area contributed by atoms with Crippen LogP contribution in [0, 0.1) is 20.8 Å². The summed E-state index contributed by atoms with van der Waals surface area (Å²) in [6.45, 7) is 9.75. The average Bonchev–Trinajstić information content (AvgIpc) is 3.50. The molecule has 8 heteroatoms. The van der Waals surface area contributed by atoms with Gasteiger partial charge in [-0.15, -0.1) is 0 Å². The first-order chi connectivity index (χ1) is 20.0. The molecular weight excluding hydrogens is 530 g/mol. The van der Waals surface area contributed by atoms with Gasteiger partial charge in [-0.25, -0.2) is 0 Å². The zero-order valence-corrected chi connectivity index (χ0v) is 24.6. The summed E-state index contributed by atoms with van der Waals surface area (Å²) in [6.07, 6.45) is -0.361. The number of carbonyl (C=O) groups is 1. The lowest BCUT2D eigenvalue weighted by Crippen LogP contribution is -2.38. The summed E-state index contributed by atoms with van der Waals surface area (Å²) in [5, 5.41) is 18.1. The van der Waals surface area contributed by atoms with E-state index in [1.54, 1.807) is 12.1 Å². The SMILES string of the molecule is Cc1cc(O)ccc1C(NC(=O)Cc1ccc2oc(C(OCC(C)(C)N)c3c(C)noc3C)cc2c1)c1ccccc1. The van der Waals surface area contributed by atoms with Gasteiger partial charge in [0.25, 0.3) is 0 Å². The summed E-state index contributed by atoms with van der Waals surface area (Å²) in [6, 6.07) is 22.3. The highest BCUT2D eigenvalue weighted by Crippen LogP contribution is 2.35. The van der Waals surface area contributed by atoms with E-state index in [1.807, 2.05) is 95.3 Å². The molecule has 0 aliphatic heterocycles. The number of nitrogens with zero attached hydrogens (tertiary/aromatic N) is 1. The maximum absolute atomic E-state index is 13.4. The van der Waals surface area contributed by atoms with Gasteiger partial charge in [0.05, 0.1) is 30.3 Å². The number of hydrogen-bond donors (Lipinski definition) is 3. The maximum atomic E-state index is 13.4. The number of rotatable bonds is 10.